The average Bonchev–Trinajstić information content (AvgIpc) is 2.05. The Bertz CT molecular complexity index is 235. The molecule has 12 heavy (non-hydrogen) atoms. The second-order valence-corrected chi connectivity index (χ2v) is 5.36. The summed E-state index contributed by atoms with van der Waals surface area (Å²) in [6, 6.07) is 8.53. The van der Waals surface area contributed by atoms with E-state index in [2.05, 4.69) is 43.4 Å². The van der Waals surface area contributed by atoms with E-state index in [-0.39, 0.29) is 0 Å². The van der Waals surface area contributed by atoms with Crippen molar-refractivity contribution in [1.82, 2.24) is 0 Å². The van der Waals surface area contributed by atoms with Gasteiger partial charge in [0.25, 0.3) is 0 Å². The molecule has 0 saturated heterocycles. The molecule has 1 N–H and O–H groups in total. The molecular weight excluding hydrogens is 213 g/mol. The topological polar surface area (TPSA) is 12.0 Å². The van der Waals surface area contributed by atoms with Crippen molar-refractivity contribution >= 4 is 20.6 Å². The van der Waals surface area contributed by atoms with Gasteiger partial charge in [-0.25, -0.2) is 0 Å². The number of nitrogens with one attached hydrogen (secondary N) is 1. The molecule has 0 saturated carbocycles. The van der Waals surface area contributed by atoms with Crippen LogP contribution in [0.15, 0.2) is 24.3 Å². The van der Waals surface area contributed by atoms with Gasteiger partial charge in [-0.05, 0) is 0 Å². The molecule has 0 spiro atoms. The zero-order chi connectivity index (χ0) is 8.81. The Morgan fingerprint density at radius 1 is 1.42 bits per heavy atom. The SMILES string of the molecule is CC[Se]CNc1cccc(C)c1. The van der Waals surface area contributed by atoms with Gasteiger partial charge in [-0.3, -0.25) is 0 Å². The molecule has 0 atom stereocenters. The monoisotopic (exact) mass is 229 g/mol. The molecule has 1 nitrogen and oxygen atoms in total. The van der Waals surface area contributed by atoms with Crippen LogP contribution in [0, 0.1) is 6.92 Å². The van der Waals surface area contributed by atoms with Crippen LogP contribution in [0.25, 0.3) is 0 Å². The molecule has 66 valence electrons. The van der Waals surface area contributed by atoms with Crippen LogP contribution in [0.3, 0.4) is 0 Å². The fourth-order valence-corrected chi connectivity index (χ4v) is 1.98. The molecule has 1 aromatic rings. The molecule has 0 heterocycles. The minimum absolute atomic E-state index is 0.754. The Labute approximate surface area is 80.7 Å². The van der Waals surface area contributed by atoms with Gasteiger partial charge in [0.15, 0.2) is 0 Å². The third kappa shape index (κ3) is 3.29. The molecule has 0 aliphatic heterocycles. The summed E-state index contributed by atoms with van der Waals surface area (Å²) in [6.07, 6.45) is 0. The van der Waals surface area contributed by atoms with Gasteiger partial charge in [-0.2, -0.15) is 0 Å². The van der Waals surface area contributed by atoms with Crippen LogP contribution in [0.1, 0.15) is 12.5 Å². The summed E-state index contributed by atoms with van der Waals surface area (Å²) in [5, 5.41) is 4.73. The fraction of sp³-hybridized carbons (Fsp3) is 0.400. The number of hydrogen-bond donors (Lipinski definition) is 1. The standard InChI is InChI=1S/C10H15NSe/c1-3-12-8-11-10-6-4-5-9(2)7-10/h4-7,11H,3,8H2,1-2H3. The predicted molar refractivity (Wildman–Crippen MR) is 55.9 cm³/mol. The zero-order valence-corrected chi connectivity index (χ0v) is 9.34. The van der Waals surface area contributed by atoms with Gasteiger partial charge in [0.05, 0.1) is 0 Å². The van der Waals surface area contributed by atoms with Gasteiger partial charge < -0.3 is 0 Å². The maximum absolute atomic E-state index is 3.41. The van der Waals surface area contributed by atoms with Gasteiger partial charge in [-0.15, -0.1) is 0 Å². The Kier molecular flexibility index (Phi) is 4.20. The summed E-state index contributed by atoms with van der Waals surface area (Å²) in [6.45, 7) is 4.36. The number of aryl methyl sites for hydroxylation is 1. The number of benzene rings is 1. The van der Waals surface area contributed by atoms with Crippen LogP contribution < -0.4 is 5.32 Å². The van der Waals surface area contributed by atoms with Crippen molar-refractivity contribution in [2.75, 3.05) is 10.8 Å². The van der Waals surface area contributed by atoms with E-state index in [4.69, 9.17) is 0 Å². The molecule has 2 heteroatoms. The molecule has 0 radical (unpaired) electrons. The average molecular weight is 228 g/mol. The summed E-state index contributed by atoms with van der Waals surface area (Å²) in [5.41, 5.74) is 3.72. The Hall–Kier alpha value is -0.461. The van der Waals surface area contributed by atoms with Crippen molar-refractivity contribution in [2.45, 2.75) is 19.2 Å². The van der Waals surface area contributed by atoms with Crippen molar-refractivity contribution in [1.29, 1.82) is 0 Å². The van der Waals surface area contributed by atoms with Crippen molar-refractivity contribution in [3.8, 4) is 0 Å². The molecule has 0 aliphatic carbocycles. The Balaban J connectivity index is 2.41. The second kappa shape index (κ2) is 5.23. The van der Waals surface area contributed by atoms with E-state index >= 15 is 0 Å². The van der Waals surface area contributed by atoms with Gasteiger partial charge in [-0.1, -0.05) is 0 Å². The minimum atomic E-state index is 0.754. The molecule has 0 bridgehead atoms. The maximum atomic E-state index is 3.41. The first kappa shape index (κ1) is 9.63. The Morgan fingerprint density at radius 2 is 2.25 bits per heavy atom. The predicted octanol–water partition coefficient (Wildman–Crippen LogP) is 2.51. The number of anilines is 1. The summed E-state index contributed by atoms with van der Waals surface area (Å²) in [7, 11) is 0. The molecule has 1 aromatic carbocycles. The van der Waals surface area contributed by atoms with Crippen LogP contribution in [-0.4, -0.2) is 20.4 Å². The molecule has 0 aliphatic rings. The quantitative estimate of drug-likeness (QED) is 0.616. The first-order valence-electron chi connectivity index (χ1n) is 4.21. The Morgan fingerprint density at radius 3 is 2.92 bits per heavy atom. The summed E-state index contributed by atoms with van der Waals surface area (Å²) >= 11 is 0.754. The molecule has 0 aromatic heterocycles. The van der Waals surface area contributed by atoms with Gasteiger partial charge in [0.1, 0.15) is 0 Å². The third-order valence-corrected chi connectivity index (χ3v) is 3.19. The first-order valence-corrected chi connectivity index (χ1v) is 6.63. The van der Waals surface area contributed by atoms with Crippen molar-refractivity contribution < 1.29 is 0 Å². The van der Waals surface area contributed by atoms with Crippen LogP contribution in [-0.2, 0) is 0 Å². The fourth-order valence-electron chi connectivity index (χ4n) is 0.991. The third-order valence-electron chi connectivity index (χ3n) is 1.60. The molecule has 0 fully saturated rings. The molecule has 0 unspecified atom stereocenters. The van der Waals surface area contributed by atoms with Gasteiger partial charge in [0.2, 0.25) is 0 Å². The van der Waals surface area contributed by atoms with E-state index < -0.39 is 0 Å². The van der Waals surface area contributed by atoms with Gasteiger partial charge >= 0.3 is 80.4 Å². The second-order valence-electron chi connectivity index (χ2n) is 2.68. The molecule has 0 amide bonds. The summed E-state index contributed by atoms with van der Waals surface area (Å²) < 4.78 is 0. The normalized spacial score (nSPS) is 9.83. The summed E-state index contributed by atoms with van der Waals surface area (Å²) in [4.78, 5) is 0. The van der Waals surface area contributed by atoms with Crippen LogP contribution >= 0.6 is 0 Å². The first-order chi connectivity index (χ1) is 5.83. The number of hydrogen-bond acceptors (Lipinski definition) is 1. The molecule has 1 rings (SSSR count). The zero-order valence-electron chi connectivity index (χ0n) is 7.63. The van der Waals surface area contributed by atoms with Crippen LogP contribution in [0.2, 0.25) is 5.32 Å². The van der Waals surface area contributed by atoms with Crippen molar-refractivity contribution in [2.24, 2.45) is 0 Å². The number of rotatable bonds is 4. The van der Waals surface area contributed by atoms with E-state index in [1.54, 1.807) is 0 Å². The van der Waals surface area contributed by atoms with E-state index in [1.165, 1.54) is 16.6 Å². The van der Waals surface area contributed by atoms with Crippen molar-refractivity contribution in [3.63, 3.8) is 0 Å². The van der Waals surface area contributed by atoms with Gasteiger partial charge in [0, 0.05) is 0 Å². The van der Waals surface area contributed by atoms with E-state index in [1.807, 2.05) is 0 Å². The molecular formula is C10H15NSe. The van der Waals surface area contributed by atoms with Crippen molar-refractivity contribution in [3.05, 3.63) is 29.8 Å². The van der Waals surface area contributed by atoms with E-state index in [0.717, 1.165) is 20.4 Å². The van der Waals surface area contributed by atoms with Crippen LogP contribution in [0.5, 0.6) is 0 Å². The van der Waals surface area contributed by atoms with E-state index in [9.17, 15) is 0 Å². The van der Waals surface area contributed by atoms with E-state index in [0.29, 0.717) is 0 Å². The summed E-state index contributed by atoms with van der Waals surface area (Å²) in [5.74, 6) is 0. The van der Waals surface area contributed by atoms with Crippen LogP contribution in [0.4, 0.5) is 5.69 Å².